The molecule has 1 unspecified atom stereocenters. The number of aliphatic hydroxyl groups is 1. The molecule has 1 aromatic carbocycles. The Hall–Kier alpha value is -1.58. The molecule has 0 saturated heterocycles. The molecular weight excluding hydrogens is 202 g/mol. The molecule has 0 heterocycles. The maximum Gasteiger partial charge on any atom is 0.0932 e. The molecule has 3 heteroatoms. The van der Waals surface area contributed by atoms with Gasteiger partial charge in [0.2, 0.25) is 0 Å². The van der Waals surface area contributed by atoms with Gasteiger partial charge in [0, 0.05) is 0 Å². The van der Waals surface area contributed by atoms with E-state index in [4.69, 9.17) is 4.84 Å². The molecule has 0 aromatic heterocycles. The molecule has 0 spiro atoms. The second-order valence-electron chi connectivity index (χ2n) is 3.73. The van der Waals surface area contributed by atoms with Crippen molar-refractivity contribution in [2.45, 2.75) is 12.5 Å². The zero-order valence-corrected chi connectivity index (χ0v) is 9.18. The summed E-state index contributed by atoms with van der Waals surface area (Å²) in [5, 5.41) is 9.53. The summed E-state index contributed by atoms with van der Waals surface area (Å²) >= 11 is 0. The monoisotopic (exact) mass is 217 g/mol. The molecule has 0 saturated carbocycles. The van der Waals surface area contributed by atoms with E-state index >= 15 is 0 Å². The summed E-state index contributed by atoms with van der Waals surface area (Å²) in [6, 6.07) is 10.1. The van der Waals surface area contributed by atoms with E-state index in [-0.39, 0.29) is 0 Å². The van der Waals surface area contributed by atoms with Gasteiger partial charge in [0.05, 0.1) is 18.9 Å². The molecule has 1 aliphatic carbocycles. The molecule has 84 valence electrons. The van der Waals surface area contributed by atoms with Gasteiger partial charge in [0.25, 0.3) is 0 Å². The standard InChI is InChI=1S/C13H15NO2/c1-16-14-13-9-12(15)8-11(13)7-10-5-3-2-4-6-10/h2-6,8-9,12,14-15H,7H2,1H3. The van der Waals surface area contributed by atoms with Crippen LogP contribution in [0.15, 0.2) is 53.8 Å². The first-order valence-electron chi connectivity index (χ1n) is 5.23. The van der Waals surface area contributed by atoms with E-state index < -0.39 is 6.10 Å². The molecule has 2 N–H and O–H groups in total. The number of benzene rings is 1. The molecule has 0 amide bonds. The van der Waals surface area contributed by atoms with Crippen molar-refractivity contribution in [2.24, 2.45) is 0 Å². The minimum Gasteiger partial charge on any atom is -0.385 e. The van der Waals surface area contributed by atoms with E-state index in [0.29, 0.717) is 0 Å². The lowest BCUT2D eigenvalue weighted by atomic mass is 10.0. The van der Waals surface area contributed by atoms with Crippen LogP contribution in [-0.2, 0) is 11.3 Å². The average molecular weight is 217 g/mol. The van der Waals surface area contributed by atoms with Gasteiger partial charge in [-0.3, -0.25) is 10.3 Å². The second-order valence-corrected chi connectivity index (χ2v) is 3.73. The van der Waals surface area contributed by atoms with E-state index in [2.05, 4.69) is 17.6 Å². The van der Waals surface area contributed by atoms with Gasteiger partial charge in [-0.25, -0.2) is 0 Å². The summed E-state index contributed by atoms with van der Waals surface area (Å²) in [5.74, 6) is 0. The van der Waals surface area contributed by atoms with E-state index in [9.17, 15) is 5.11 Å². The molecule has 3 nitrogen and oxygen atoms in total. The van der Waals surface area contributed by atoms with Crippen molar-refractivity contribution in [3.05, 3.63) is 59.3 Å². The molecule has 0 radical (unpaired) electrons. The van der Waals surface area contributed by atoms with Crippen LogP contribution in [0, 0.1) is 0 Å². The predicted octanol–water partition coefficient (Wildman–Crippen LogP) is 1.56. The molecular formula is C13H15NO2. The molecule has 1 aromatic rings. The number of hydroxylamine groups is 1. The van der Waals surface area contributed by atoms with Crippen LogP contribution in [0.2, 0.25) is 0 Å². The Morgan fingerprint density at radius 3 is 2.69 bits per heavy atom. The number of hydrogen-bond donors (Lipinski definition) is 2. The zero-order valence-electron chi connectivity index (χ0n) is 9.18. The van der Waals surface area contributed by atoms with Crippen LogP contribution in [0.25, 0.3) is 0 Å². The fourth-order valence-electron chi connectivity index (χ4n) is 1.80. The SMILES string of the molecule is CONC1=CC(O)C=C1Cc1ccccc1. The van der Waals surface area contributed by atoms with Crippen molar-refractivity contribution in [3.63, 3.8) is 0 Å². The van der Waals surface area contributed by atoms with E-state index in [1.807, 2.05) is 24.3 Å². The first-order valence-corrected chi connectivity index (χ1v) is 5.23. The number of hydrogen-bond acceptors (Lipinski definition) is 3. The van der Waals surface area contributed by atoms with Crippen molar-refractivity contribution in [2.75, 3.05) is 7.11 Å². The van der Waals surface area contributed by atoms with E-state index in [0.717, 1.165) is 17.7 Å². The molecule has 2 rings (SSSR count). The van der Waals surface area contributed by atoms with Crippen molar-refractivity contribution in [3.8, 4) is 0 Å². The van der Waals surface area contributed by atoms with Crippen LogP contribution in [0.3, 0.4) is 0 Å². The van der Waals surface area contributed by atoms with Crippen molar-refractivity contribution in [1.29, 1.82) is 0 Å². The maximum atomic E-state index is 9.53. The summed E-state index contributed by atoms with van der Waals surface area (Å²) in [7, 11) is 1.56. The van der Waals surface area contributed by atoms with Crippen LogP contribution in [0.4, 0.5) is 0 Å². The number of aliphatic hydroxyl groups excluding tert-OH is 1. The van der Waals surface area contributed by atoms with Gasteiger partial charge in [-0.05, 0) is 29.7 Å². The average Bonchev–Trinajstić information content (AvgIpc) is 2.61. The Kier molecular flexibility index (Phi) is 3.39. The van der Waals surface area contributed by atoms with Gasteiger partial charge < -0.3 is 5.11 Å². The number of allylic oxidation sites excluding steroid dienone is 1. The van der Waals surface area contributed by atoms with E-state index in [1.165, 1.54) is 5.56 Å². The highest BCUT2D eigenvalue weighted by molar-refractivity contribution is 5.41. The predicted molar refractivity (Wildman–Crippen MR) is 62.5 cm³/mol. The van der Waals surface area contributed by atoms with Crippen LogP contribution in [0.1, 0.15) is 5.56 Å². The lowest BCUT2D eigenvalue weighted by Crippen LogP contribution is -2.12. The number of nitrogens with one attached hydrogen (secondary N) is 1. The highest BCUT2D eigenvalue weighted by atomic mass is 16.6. The van der Waals surface area contributed by atoms with Gasteiger partial charge in [-0.1, -0.05) is 30.3 Å². The third-order valence-corrected chi connectivity index (χ3v) is 2.50. The van der Waals surface area contributed by atoms with Gasteiger partial charge in [-0.2, -0.15) is 0 Å². The summed E-state index contributed by atoms with van der Waals surface area (Å²) in [4.78, 5) is 4.87. The summed E-state index contributed by atoms with van der Waals surface area (Å²) < 4.78 is 0. The molecule has 16 heavy (non-hydrogen) atoms. The Morgan fingerprint density at radius 1 is 1.25 bits per heavy atom. The highest BCUT2D eigenvalue weighted by Crippen LogP contribution is 2.21. The first-order chi connectivity index (χ1) is 7.79. The third-order valence-electron chi connectivity index (χ3n) is 2.50. The summed E-state index contributed by atoms with van der Waals surface area (Å²) in [5.41, 5.74) is 5.89. The van der Waals surface area contributed by atoms with Gasteiger partial charge in [0.15, 0.2) is 0 Å². The topological polar surface area (TPSA) is 41.5 Å². The van der Waals surface area contributed by atoms with Gasteiger partial charge in [0.1, 0.15) is 0 Å². The Morgan fingerprint density at radius 2 is 2.00 bits per heavy atom. The fourth-order valence-corrected chi connectivity index (χ4v) is 1.80. The molecule has 0 aliphatic heterocycles. The highest BCUT2D eigenvalue weighted by Gasteiger charge is 2.15. The van der Waals surface area contributed by atoms with Crippen LogP contribution < -0.4 is 5.48 Å². The van der Waals surface area contributed by atoms with Crippen molar-refractivity contribution < 1.29 is 9.94 Å². The first kappa shape index (κ1) is 10.9. The Bertz CT molecular complexity index is 409. The Balaban J connectivity index is 2.10. The lowest BCUT2D eigenvalue weighted by Gasteiger charge is -2.09. The Labute approximate surface area is 95.0 Å². The van der Waals surface area contributed by atoms with E-state index in [1.54, 1.807) is 13.2 Å². The third kappa shape index (κ3) is 2.51. The second kappa shape index (κ2) is 4.96. The minimum absolute atomic E-state index is 0.517. The fraction of sp³-hybridized carbons (Fsp3) is 0.231. The lowest BCUT2D eigenvalue weighted by molar-refractivity contribution is 0.119. The van der Waals surface area contributed by atoms with Gasteiger partial charge >= 0.3 is 0 Å². The molecule has 1 atom stereocenters. The summed E-state index contributed by atoms with van der Waals surface area (Å²) in [6.07, 6.45) is 3.84. The van der Waals surface area contributed by atoms with Crippen LogP contribution >= 0.6 is 0 Å². The van der Waals surface area contributed by atoms with Crippen molar-refractivity contribution in [1.82, 2.24) is 5.48 Å². The largest absolute Gasteiger partial charge is 0.385 e. The molecule has 1 aliphatic rings. The van der Waals surface area contributed by atoms with Crippen molar-refractivity contribution >= 4 is 0 Å². The summed E-state index contributed by atoms with van der Waals surface area (Å²) in [6.45, 7) is 0. The normalized spacial score (nSPS) is 19.2. The number of rotatable bonds is 4. The minimum atomic E-state index is -0.517. The zero-order chi connectivity index (χ0) is 11.4. The maximum absolute atomic E-state index is 9.53. The quantitative estimate of drug-likeness (QED) is 0.752. The van der Waals surface area contributed by atoms with Crippen LogP contribution in [-0.4, -0.2) is 18.3 Å². The molecule has 0 bridgehead atoms. The smallest absolute Gasteiger partial charge is 0.0932 e. The molecule has 0 fully saturated rings. The van der Waals surface area contributed by atoms with Crippen LogP contribution in [0.5, 0.6) is 0 Å². The van der Waals surface area contributed by atoms with Gasteiger partial charge in [-0.15, -0.1) is 0 Å².